The molecule has 0 aromatic carbocycles. The van der Waals surface area contributed by atoms with E-state index >= 15 is 0 Å². The van der Waals surface area contributed by atoms with E-state index in [2.05, 4.69) is 19.9 Å². The van der Waals surface area contributed by atoms with E-state index in [1.54, 1.807) is 6.07 Å². The molecule has 0 amide bonds. The van der Waals surface area contributed by atoms with Crippen molar-refractivity contribution in [3.63, 3.8) is 0 Å². The fraction of sp³-hybridized carbons (Fsp3) is 0.263. The van der Waals surface area contributed by atoms with Crippen LogP contribution in [0, 0.1) is 13.8 Å². The number of carboxylic acids is 2. The molecule has 4 nitrogen and oxygen atoms in total. The van der Waals surface area contributed by atoms with E-state index in [4.69, 9.17) is 5.11 Å². The highest BCUT2D eigenvalue weighted by atomic mass is 16.4. The van der Waals surface area contributed by atoms with Crippen molar-refractivity contribution < 1.29 is 19.8 Å². The first-order valence-corrected chi connectivity index (χ1v) is 7.44. The van der Waals surface area contributed by atoms with Crippen molar-refractivity contribution >= 4 is 17.5 Å². The molecule has 4 heteroatoms. The van der Waals surface area contributed by atoms with E-state index in [1.165, 1.54) is 0 Å². The molecule has 0 bridgehead atoms. The Morgan fingerprint density at radius 2 is 1.70 bits per heavy atom. The number of carbonyl (C=O) groups is 2. The van der Waals surface area contributed by atoms with Crippen molar-refractivity contribution in [2.24, 2.45) is 0 Å². The van der Waals surface area contributed by atoms with Gasteiger partial charge < -0.3 is 10.2 Å². The highest BCUT2D eigenvalue weighted by Crippen LogP contribution is 2.39. The molecule has 0 aliphatic heterocycles. The standard InChI is InChI=1S/C19H20O4/c1-10(2)13-6-5-11(3)18-14(8-13)12(4)7-15(18)16(19(22)23)9-17(20)21/h5-10H,1-4H3,(H,20,21)(H,22,23)/b16-9-. The van der Waals surface area contributed by atoms with Gasteiger partial charge in [-0.1, -0.05) is 32.0 Å². The fourth-order valence-electron chi connectivity index (χ4n) is 2.79. The Morgan fingerprint density at radius 3 is 2.22 bits per heavy atom. The van der Waals surface area contributed by atoms with Crippen LogP contribution in [-0.4, -0.2) is 22.2 Å². The van der Waals surface area contributed by atoms with Crippen molar-refractivity contribution in [2.45, 2.75) is 33.6 Å². The summed E-state index contributed by atoms with van der Waals surface area (Å²) in [5.41, 5.74) is 5.03. The van der Waals surface area contributed by atoms with Gasteiger partial charge >= 0.3 is 11.9 Å². The van der Waals surface area contributed by atoms with Gasteiger partial charge in [0.15, 0.2) is 0 Å². The number of fused-ring (bicyclic) bond motifs is 1. The second kappa shape index (κ2) is 6.24. The minimum atomic E-state index is -1.27. The molecule has 120 valence electrons. The van der Waals surface area contributed by atoms with Gasteiger partial charge in [0.05, 0.1) is 5.57 Å². The summed E-state index contributed by atoms with van der Waals surface area (Å²) in [5, 5.41) is 18.4. The molecule has 0 atom stereocenters. The van der Waals surface area contributed by atoms with Crippen molar-refractivity contribution in [1.29, 1.82) is 0 Å². The van der Waals surface area contributed by atoms with Crippen molar-refractivity contribution in [3.8, 4) is 11.1 Å². The Balaban J connectivity index is 2.80. The maximum absolute atomic E-state index is 11.5. The Kier molecular flexibility index (Phi) is 4.55. The Morgan fingerprint density at radius 1 is 1.04 bits per heavy atom. The van der Waals surface area contributed by atoms with E-state index in [1.807, 2.05) is 26.0 Å². The number of hydrogen-bond acceptors (Lipinski definition) is 2. The normalized spacial score (nSPS) is 12.0. The average Bonchev–Trinajstić information content (AvgIpc) is 2.64. The van der Waals surface area contributed by atoms with Crippen LogP contribution in [0.2, 0.25) is 0 Å². The van der Waals surface area contributed by atoms with E-state index < -0.39 is 11.9 Å². The first kappa shape index (κ1) is 16.7. The lowest BCUT2D eigenvalue weighted by molar-refractivity contribution is -0.133. The molecule has 2 aliphatic rings. The summed E-state index contributed by atoms with van der Waals surface area (Å²) in [7, 11) is 0. The van der Waals surface area contributed by atoms with Gasteiger partial charge in [-0.3, -0.25) is 0 Å². The van der Waals surface area contributed by atoms with Gasteiger partial charge in [-0.2, -0.15) is 0 Å². The minimum Gasteiger partial charge on any atom is -0.478 e. The highest BCUT2D eigenvalue weighted by Gasteiger charge is 2.23. The van der Waals surface area contributed by atoms with Crippen molar-refractivity contribution in [3.05, 3.63) is 52.6 Å². The van der Waals surface area contributed by atoms with Crippen LogP contribution >= 0.6 is 0 Å². The smallest absolute Gasteiger partial charge is 0.336 e. The average molecular weight is 312 g/mol. The van der Waals surface area contributed by atoms with Crippen molar-refractivity contribution in [1.82, 2.24) is 0 Å². The summed E-state index contributed by atoms with van der Waals surface area (Å²) in [6.07, 6.45) is 0.756. The van der Waals surface area contributed by atoms with Gasteiger partial charge in [-0.15, -0.1) is 0 Å². The lowest BCUT2D eigenvalue weighted by atomic mass is 9.97. The van der Waals surface area contributed by atoms with Gasteiger partial charge in [0.25, 0.3) is 0 Å². The monoisotopic (exact) mass is 312 g/mol. The third-order valence-corrected chi connectivity index (χ3v) is 4.01. The van der Waals surface area contributed by atoms with Crippen molar-refractivity contribution in [2.75, 3.05) is 0 Å². The van der Waals surface area contributed by atoms with Crippen LogP contribution < -0.4 is 0 Å². The molecule has 2 aliphatic carbocycles. The minimum absolute atomic E-state index is 0.198. The zero-order valence-corrected chi connectivity index (χ0v) is 13.7. The van der Waals surface area contributed by atoms with Crippen LogP contribution in [0.1, 0.15) is 42.0 Å². The molecule has 0 fully saturated rings. The molecule has 0 spiro atoms. The molecule has 0 saturated heterocycles. The predicted octanol–water partition coefficient (Wildman–Crippen LogP) is 4.08. The molecule has 0 aromatic heterocycles. The number of aliphatic carboxylic acids is 2. The van der Waals surface area contributed by atoms with Gasteiger partial charge in [0.1, 0.15) is 0 Å². The van der Waals surface area contributed by atoms with Crippen LogP contribution in [-0.2, 0) is 9.59 Å². The Labute approximate surface area is 135 Å². The molecular formula is C19H20O4. The third kappa shape index (κ3) is 3.26. The van der Waals surface area contributed by atoms with Crippen LogP contribution in [0.25, 0.3) is 16.7 Å². The molecule has 0 saturated carbocycles. The lowest BCUT2D eigenvalue weighted by Gasteiger charge is -2.06. The molecule has 0 heterocycles. The number of aryl methyl sites for hydroxylation is 2. The lowest BCUT2D eigenvalue weighted by Crippen LogP contribution is -2.03. The number of rotatable bonds is 4. The predicted molar refractivity (Wildman–Crippen MR) is 89.9 cm³/mol. The SMILES string of the molecule is Cc1cc(/C(=C/C(=O)O)C(=O)O)c2c(C)ccc(C(C)C)cc1-2. The second-order valence-electron chi connectivity index (χ2n) is 6.05. The summed E-state index contributed by atoms with van der Waals surface area (Å²) in [6, 6.07) is 7.81. The van der Waals surface area contributed by atoms with E-state index in [9.17, 15) is 14.7 Å². The molecule has 2 rings (SSSR count). The Hall–Kier alpha value is -2.62. The highest BCUT2D eigenvalue weighted by molar-refractivity contribution is 6.21. The van der Waals surface area contributed by atoms with Gasteiger partial charge in [0, 0.05) is 6.08 Å². The van der Waals surface area contributed by atoms with E-state index in [0.717, 1.165) is 33.9 Å². The molecule has 0 radical (unpaired) electrons. The fourth-order valence-corrected chi connectivity index (χ4v) is 2.79. The zero-order valence-electron chi connectivity index (χ0n) is 13.7. The van der Waals surface area contributed by atoms with Crippen LogP contribution in [0.4, 0.5) is 0 Å². The molecule has 2 N–H and O–H groups in total. The maximum atomic E-state index is 11.5. The van der Waals surface area contributed by atoms with E-state index in [-0.39, 0.29) is 5.57 Å². The quantitative estimate of drug-likeness (QED) is 0.834. The van der Waals surface area contributed by atoms with Gasteiger partial charge in [0.2, 0.25) is 0 Å². The van der Waals surface area contributed by atoms with Crippen LogP contribution in [0.3, 0.4) is 0 Å². The third-order valence-electron chi connectivity index (χ3n) is 4.01. The van der Waals surface area contributed by atoms with Crippen LogP contribution in [0.5, 0.6) is 0 Å². The summed E-state index contributed by atoms with van der Waals surface area (Å²) >= 11 is 0. The summed E-state index contributed by atoms with van der Waals surface area (Å²) < 4.78 is 0. The largest absolute Gasteiger partial charge is 0.478 e. The van der Waals surface area contributed by atoms with E-state index in [0.29, 0.717) is 11.5 Å². The number of carboxylic acid groups (broad SMARTS) is 2. The number of hydrogen-bond donors (Lipinski definition) is 2. The Bertz CT molecular complexity index is 784. The topological polar surface area (TPSA) is 74.6 Å². The van der Waals surface area contributed by atoms with Gasteiger partial charge in [-0.05, 0) is 59.2 Å². The molecule has 23 heavy (non-hydrogen) atoms. The molecular weight excluding hydrogens is 292 g/mol. The van der Waals surface area contributed by atoms with Crippen LogP contribution in [0.15, 0.2) is 30.3 Å². The first-order valence-electron chi connectivity index (χ1n) is 7.44. The summed E-state index contributed by atoms with van der Waals surface area (Å²) in [5.74, 6) is -2.17. The van der Waals surface area contributed by atoms with Gasteiger partial charge in [-0.25, -0.2) is 9.59 Å². The zero-order chi connectivity index (χ0) is 17.3. The maximum Gasteiger partial charge on any atom is 0.336 e. The summed E-state index contributed by atoms with van der Waals surface area (Å²) in [6.45, 7) is 8.02. The summed E-state index contributed by atoms with van der Waals surface area (Å²) in [4.78, 5) is 22.5. The molecule has 0 aromatic rings. The molecule has 0 unspecified atom stereocenters. The first-order chi connectivity index (χ1) is 10.7. The second-order valence-corrected chi connectivity index (χ2v) is 6.05.